The number of rotatable bonds is 8. The summed E-state index contributed by atoms with van der Waals surface area (Å²) in [5.74, 6) is 0.463. The summed E-state index contributed by atoms with van der Waals surface area (Å²) in [6.07, 6.45) is 2.35. The van der Waals surface area contributed by atoms with Crippen molar-refractivity contribution in [3.05, 3.63) is 35.9 Å². The van der Waals surface area contributed by atoms with E-state index >= 15 is 0 Å². The van der Waals surface area contributed by atoms with Crippen molar-refractivity contribution in [3.8, 4) is 0 Å². The first-order valence-electron chi connectivity index (χ1n) is 9.28. The number of benzene rings is 1. The van der Waals surface area contributed by atoms with Gasteiger partial charge in [-0.05, 0) is 58.4 Å². The molecule has 0 spiro atoms. The molecule has 1 atom stereocenters. The van der Waals surface area contributed by atoms with Crippen LogP contribution >= 0.6 is 0 Å². The molecule has 1 aromatic rings. The highest BCUT2D eigenvalue weighted by molar-refractivity contribution is 5.77. The fraction of sp³-hybridized carbons (Fsp3) is 0.650. The highest BCUT2D eigenvalue weighted by atomic mass is 16.3. The fourth-order valence-corrected chi connectivity index (χ4v) is 3.29. The van der Waals surface area contributed by atoms with E-state index in [1.165, 1.54) is 0 Å². The molecule has 5 heteroatoms. The van der Waals surface area contributed by atoms with Crippen LogP contribution < -0.4 is 5.32 Å². The van der Waals surface area contributed by atoms with E-state index in [1.54, 1.807) is 6.92 Å². The second-order valence-corrected chi connectivity index (χ2v) is 7.71. The number of hydrogen-bond donors (Lipinski definition) is 2. The largest absolute Gasteiger partial charge is 0.385 e. The molecule has 1 unspecified atom stereocenters. The average Bonchev–Trinajstić information content (AvgIpc) is 2.59. The van der Waals surface area contributed by atoms with Gasteiger partial charge >= 0.3 is 0 Å². The van der Waals surface area contributed by atoms with Crippen molar-refractivity contribution < 1.29 is 9.90 Å². The zero-order chi connectivity index (χ0) is 18.3. The lowest BCUT2D eigenvalue weighted by atomic mass is 9.92. The molecule has 25 heavy (non-hydrogen) atoms. The monoisotopic (exact) mass is 347 g/mol. The van der Waals surface area contributed by atoms with Gasteiger partial charge in [-0.3, -0.25) is 4.79 Å². The summed E-state index contributed by atoms with van der Waals surface area (Å²) in [5, 5.41) is 13.6. The van der Waals surface area contributed by atoms with Crippen molar-refractivity contribution in [3.63, 3.8) is 0 Å². The Bertz CT molecular complexity index is 523. The van der Waals surface area contributed by atoms with E-state index in [-0.39, 0.29) is 12.3 Å². The second-order valence-electron chi connectivity index (χ2n) is 7.71. The molecule has 1 aliphatic rings. The quantitative estimate of drug-likeness (QED) is 0.751. The van der Waals surface area contributed by atoms with Crippen molar-refractivity contribution in [1.29, 1.82) is 0 Å². The van der Waals surface area contributed by atoms with Crippen molar-refractivity contribution in [2.45, 2.75) is 31.8 Å². The topological polar surface area (TPSA) is 55.8 Å². The molecule has 0 aromatic heterocycles. The maximum atomic E-state index is 12.2. The van der Waals surface area contributed by atoms with Crippen molar-refractivity contribution >= 4 is 5.91 Å². The van der Waals surface area contributed by atoms with E-state index in [2.05, 4.69) is 29.2 Å². The predicted molar refractivity (Wildman–Crippen MR) is 101 cm³/mol. The van der Waals surface area contributed by atoms with Gasteiger partial charge < -0.3 is 20.2 Å². The van der Waals surface area contributed by atoms with Gasteiger partial charge in [-0.2, -0.15) is 0 Å². The maximum absolute atomic E-state index is 12.2. The minimum absolute atomic E-state index is 0.0797. The Balaban J connectivity index is 1.69. The van der Waals surface area contributed by atoms with E-state index in [4.69, 9.17) is 0 Å². The van der Waals surface area contributed by atoms with Crippen LogP contribution in [0.1, 0.15) is 31.7 Å². The van der Waals surface area contributed by atoms with Gasteiger partial charge in [0.05, 0.1) is 12.0 Å². The molecule has 1 saturated heterocycles. The summed E-state index contributed by atoms with van der Waals surface area (Å²) in [6, 6.07) is 9.38. The summed E-state index contributed by atoms with van der Waals surface area (Å²) in [4.78, 5) is 16.9. The first kappa shape index (κ1) is 19.9. The van der Waals surface area contributed by atoms with E-state index in [0.717, 1.165) is 44.6 Å². The molecule has 1 heterocycles. The van der Waals surface area contributed by atoms with Gasteiger partial charge in [-0.15, -0.1) is 0 Å². The summed E-state index contributed by atoms with van der Waals surface area (Å²) in [6.45, 7) is 6.84. The highest BCUT2D eigenvalue weighted by Gasteiger charge is 2.27. The van der Waals surface area contributed by atoms with Crippen LogP contribution in [0, 0.1) is 5.92 Å². The third-order valence-corrected chi connectivity index (χ3v) is 5.06. The van der Waals surface area contributed by atoms with Crippen LogP contribution in [0.15, 0.2) is 30.3 Å². The van der Waals surface area contributed by atoms with Gasteiger partial charge in [0, 0.05) is 19.6 Å². The van der Waals surface area contributed by atoms with E-state index in [1.807, 2.05) is 30.3 Å². The number of nitrogens with one attached hydrogen (secondary N) is 1. The first-order valence-corrected chi connectivity index (χ1v) is 9.28. The van der Waals surface area contributed by atoms with Gasteiger partial charge in [0.1, 0.15) is 0 Å². The zero-order valence-corrected chi connectivity index (χ0v) is 15.9. The minimum atomic E-state index is -1.12. The summed E-state index contributed by atoms with van der Waals surface area (Å²) >= 11 is 0. The van der Waals surface area contributed by atoms with Crippen molar-refractivity contribution in [2.75, 3.05) is 46.8 Å². The third-order valence-electron chi connectivity index (χ3n) is 5.06. The van der Waals surface area contributed by atoms with Gasteiger partial charge in [0.15, 0.2) is 0 Å². The van der Waals surface area contributed by atoms with Crippen LogP contribution in [0.25, 0.3) is 0 Å². The zero-order valence-electron chi connectivity index (χ0n) is 15.9. The molecule has 140 valence electrons. The second kappa shape index (κ2) is 9.32. The van der Waals surface area contributed by atoms with Crippen molar-refractivity contribution in [2.24, 2.45) is 5.92 Å². The summed E-state index contributed by atoms with van der Waals surface area (Å²) < 4.78 is 0. The number of carbonyl (C=O) groups excluding carboxylic acids is 1. The van der Waals surface area contributed by atoms with Crippen molar-refractivity contribution in [1.82, 2.24) is 15.1 Å². The van der Waals surface area contributed by atoms with Gasteiger partial charge in [0.25, 0.3) is 0 Å². The van der Waals surface area contributed by atoms with Crippen LogP contribution in [0.5, 0.6) is 0 Å². The first-order chi connectivity index (χ1) is 11.9. The van der Waals surface area contributed by atoms with E-state index in [9.17, 15) is 9.90 Å². The number of carbonyl (C=O) groups is 1. The molecule has 5 nitrogen and oxygen atoms in total. The Morgan fingerprint density at radius 3 is 2.52 bits per heavy atom. The third kappa shape index (κ3) is 6.77. The molecular weight excluding hydrogens is 314 g/mol. The normalized spacial score (nSPS) is 18.9. The Morgan fingerprint density at radius 2 is 1.92 bits per heavy atom. The molecule has 2 rings (SSSR count). The standard InChI is InChI=1S/C20H33N3O2/c1-20(25,18-7-5-4-6-8-18)15-19(24)21-16-17-9-11-23(12-10-17)14-13-22(2)3/h4-8,17,25H,9-16H2,1-3H3,(H,21,24). The Morgan fingerprint density at radius 1 is 1.28 bits per heavy atom. The number of likely N-dealkylation sites (N-methyl/N-ethyl adjacent to an activating group) is 1. The van der Waals surface area contributed by atoms with E-state index in [0.29, 0.717) is 12.5 Å². The lowest BCUT2D eigenvalue weighted by Gasteiger charge is -2.32. The molecule has 0 saturated carbocycles. The molecule has 0 radical (unpaired) electrons. The molecular formula is C20H33N3O2. The Hall–Kier alpha value is -1.43. The predicted octanol–water partition coefficient (Wildman–Crippen LogP) is 1.67. The lowest BCUT2D eigenvalue weighted by molar-refractivity contribution is -0.126. The number of hydrogen-bond acceptors (Lipinski definition) is 4. The van der Waals surface area contributed by atoms with Crippen LogP contribution in [-0.4, -0.2) is 67.6 Å². The molecule has 1 amide bonds. The number of piperidine rings is 1. The van der Waals surface area contributed by atoms with Crippen LogP contribution in [0.4, 0.5) is 0 Å². The summed E-state index contributed by atoms with van der Waals surface area (Å²) in [5.41, 5.74) is -0.347. The van der Waals surface area contributed by atoms with E-state index < -0.39 is 5.60 Å². The number of aliphatic hydroxyl groups is 1. The molecule has 2 N–H and O–H groups in total. The smallest absolute Gasteiger partial charge is 0.223 e. The number of likely N-dealkylation sites (tertiary alicyclic amines) is 1. The molecule has 1 aromatic carbocycles. The lowest BCUT2D eigenvalue weighted by Crippen LogP contribution is -2.41. The molecule has 0 bridgehead atoms. The minimum Gasteiger partial charge on any atom is -0.385 e. The Kier molecular flexibility index (Phi) is 7.41. The highest BCUT2D eigenvalue weighted by Crippen LogP contribution is 2.24. The molecule has 1 fully saturated rings. The van der Waals surface area contributed by atoms with Gasteiger partial charge in [-0.25, -0.2) is 0 Å². The summed E-state index contributed by atoms with van der Waals surface area (Å²) in [7, 11) is 4.21. The SMILES string of the molecule is CN(C)CCN1CCC(CNC(=O)CC(C)(O)c2ccccc2)CC1. The average molecular weight is 348 g/mol. The van der Waals surface area contributed by atoms with Crippen LogP contribution in [-0.2, 0) is 10.4 Å². The Labute approximate surface area is 152 Å². The maximum Gasteiger partial charge on any atom is 0.223 e. The van der Waals surface area contributed by atoms with Gasteiger partial charge in [0.2, 0.25) is 5.91 Å². The molecule has 1 aliphatic heterocycles. The van der Waals surface area contributed by atoms with Gasteiger partial charge in [-0.1, -0.05) is 30.3 Å². The van der Waals surface area contributed by atoms with Crippen LogP contribution in [0.3, 0.4) is 0 Å². The fourth-order valence-electron chi connectivity index (χ4n) is 3.29. The number of nitrogens with zero attached hydrogens (tertiary/aromatic N) is 2. The van der Waals surface area contributed by atoms with Crippen LogP contribution in [0.2, 0.25) is 0 Å². The number of amides is 1. The molecule has 0 aliphatic carbocycles.